The third-order valence-corrected chi connectivity index (χ3v) is 6.37. The van der Waals surface area contributed by atoms with E-state index in [1.807, 2.05) is 23.0 Å². The van der Waals surface area contributed by atoms with Crippen molar-refractivity contribution in [1.29, 1.82) is 0 Å². The summed E-state index contributed by atoms with van der Waals surface area (Å²) in [5.41, 5.74) is 7.66. The van der Waals surface area contributed by atoms with Gasteiger partial charge in [0.05, 0.1) is 25.5 Å². The zero-order valence-corrected chi connectivity index (χ0v) is 18.5. The predicted molar refractivity (Wildman–Crippen MR) is 129 cm³/mol. The summed E-state index contributed by atoms with van der Waals surface area (Å²) < 4.78 is 13.2. The quantitative estimate of drug-likeness (QED) is 0.505. The molecule has 1 N–H and O–H groups in total. The Morgan fingerprint density at radius 3 is 2.67 bits per heavy atom. The number of hydrogen-bond donors (Lipinski definition) is 1. The first kappa shape index (κ1) is 20.2. The summed E-state index contributed by atoms with van der Waals surface area (Å²) in [4.78, 5) is 11.8. The van der Waals surface area contributed by atoms with E-state index in [9.17, 15) is 0 Å². The van der Waals surface area contributed by atoms with Crippen LogP contribution in [0.3, 0.4) is 0 Å². The molecule has 33 heavy (non-hydrogen) atoms. The third-order valence-electron chi connectivity index (χ3n) is 6.37. The van der Waals surface area contributed by atoms with Crippen LogP contribution in [0.2, 0.25) is 0 Å². The van der Waals surface area contributed by atoms with Gasteiger partial charge in [-0.2, -0.15) is 0 Å². The van der Waals surface area contributed by atoms with E-state index < -0.39 is 0 Å². The number of nitrogens with one attached hydrogen (secondary N) is 1. The van der Waals surface area contributed by atoms with E-state index in [0.29, 0.717) is 6.61 Å². The summed E-state index contributed by atoms with van der Waals surface area (Å²) in [5, 5.41) is 3.49. The number of nitrogens with zero attached hydrogens (tertiary/aromatic N) is 4. The van der Waals surface area contributed by atoms with E-state index in [1.54, 1.807) is 0 Å². The Bertz CT molecular complexity index is 1260. The van der Waals surface area contributed by atoms with E-state index in [0.717, 1.165) is 74.2 Å². The number of ether oxygens (including phenoxy) is 2. The number of anilines is 3. The van der Waals surface area contributed by atoms with Crippen molar-refractivity contribution in [3.63, 3.8) is 0 Å². The van der Waals surface area contributed by atoms with Gasteiger partial charge in [0, 0.05) is 55.2 Å². The lowest BCUT2D eigenvalue weighted by Gasteiger charge is -2.28. The molecule has 1 fully saturated rings. The van der Waals surface area contributed by atoms with E-state index in [1.165, 1.54) is 16.8 Å². The standard InChI is InChI=1S/C26H27N5O2/c1-2-19-16-20(3-4-21(19)18-33-13-1)24-17-31-10-9-27-26(31)25(29-24)28-22-5-7-23(8-6-22)30-11-14-32-15-12-30/h3-10,16-17H,1-2,11-15,18H2,(H,28,29). The van der Waals surface area contributed by atoms with Crippen LogP contribution < -0.4 is 10.2 Å². The Kier molecular flexibility index (Phi) is 5.41. The molecular weight excluding hydrogens is 414 g/mol. The second-order valence-corrected chi connectivity index (χ2v) is 8.54. The van der Waals surface area contributed by atoms with Gasteiger partial charge in [0.1, 0.15) is 0 Å². The van der Waals surface area contributed by atoms with E-state index >= 15 is 0 Å². The molecule has 0 unspecified atom stereocenters. The highest BCUT2D eigenvalue weighted by atomic mass is 16.5. The number of benzene rings is 2. The number of rotatable bonds is 4. The molecule has 0 spiro atoms. The number of aromatic nitrogens is 3. The van der Waals surface area contributed by atoms with Crippen molar-refractivity contribution in [2.24, 2.45) is 0 Å². The fourth-order valence-corrected chi connectivity index (χ4v) is 4.57. The Morgan fingerprint density at radius 2 is 1.79 bits per heavy atom. The molecule has 0 aliphatic carbocycles. The van der Waals surface area contributed by atoms with Crippen LogP contribution in [0.15, 0.2) is 61.1 Å². The maximum atomic E-state index is 5.70. The summed E-state index contributed by atoms with van der Waals surface area (Å²) in [6, 6.07) is 15.1. The number of fused-ring (bicyclic) bond motifs is 2. The zero-order valence-electron chi connectivity index (χ0n) is 18.5. The zero-order chi connectivity index (χ0) is 22.0. The molecule has 168 valence electrons. The first-order valence-electron chi connectivity index (χ1n) is 11.6. The Hall–Kier alpha value is -3.42. The molecule has 2 aliphatic heterocycles. The minimum absolute atomic E-state index is 0.691. The highest BCUT2D eigenvalue weighted by Gasteiger charge is 2.14. The number of hydrogen-bond acceptors (Lipinski definition) is 6. The molecule has 2 aliphatic rings. The molecule has 0 atom stereocenters. The van der Waals surface area contributed by atoms with Crippen molar-refractivity contribution >= 4 is 22.8 Å². The minimum atomic E-state index is 0.691. The SMILES string of the molecule is c1cn2cc(-c3ccc4c(c3)CCCOC4)nc(Nc3ccc(N4CCOCC4)cc3)c2n1. The number of morpholine rings is 1. The molecule has 2 aromatic carbocycles. The second-order valence-electron chi connectivity index (χ2n) is 8.54. The number of imidazole rings is 1. The van der Waals surface area contributed by atoms with Crippen LogP contribution in [-0.2, 0) is 22.5 Å². The van der Waals surface area contributed by atoms with Gasteiger partial charge in [-0.25, -0.2) is 9.97 Å². The van der Waals surface area contributed by atoms with Crippen molar-refractivity contribution in [2.75, 3.05) is 43.1 Å². The first-order valence-corrected chi connectivity index (χ1v) is 11.6. The monoisotopic (exact) mass is 441 g/mol. The van der Waals surface area contributed by atoms with E-state index in [-0.39, 0.29) is 0 Å². The molecule has 4 aromatic rings. The molecule has 6 rings (SSSR count). The summed E-state index contributed by atoms with van der Waals surface area (Å²) in [6.45, 7) is 4.93. The van der Waals surface area contributed by atoms with Crippen LogP contribution in [0.4, 0.5) is 17.2 Å². The molecule has 0 amide bonds. The van der Waals surface area contributed by atoms with Crippen molar-refractivity contribution in [3.05, 3.63) is 72.2 Å². The van der Waals surface area contributed by atoms with Gasteiger partial charge in [-0.1, -0.05) is 12.1 Å². The summed E-state index contributed by atoms with van der Waals surface area (Å²) in [6.07, 6.45) is 7.91. The molecule has 2 aromatic heterocycles. The van der Waals surface area contributed by atoms with Gasteiger partial charge < -0.3 is 24.1 Å². The van der Waals surface area contributed by atoms with Crippen LogP contribution in [0.1, 0.15) is 17.5 Å². The Labute approximate surface area is 193 Å². The topological polar surface area (TPSA) is 63.9 Å². The average molecular weight is 442 g/mol. The number of aryl methyl sites for hydroxylation is 1. The average Bonchev–Trinajstić information content (AvgIpc) is 3.22. The van der Waals surface area contributed by atoms with E-state index in [2.05, 4.69) is 57.7 Å². The molecule has 7 nitrogen and oxygen atoms in total. The fourth-order valence-electron chi connectivity index (χ4n) is 4.57. The molecule has 1 saturated heterocycles. The smallest absolute Gasteiger partial charge is 0.180 e. The van der Waals surface area contributed by atoms with Gasteiger partial charge in [0.2, 0.25) is 0 Å². The molecule has 0 bridgehead atoms. The fraction of sp³-hybridized carbons (Fsp3) is 0.308. The summed E-state index contributed by atoms with van der Waals surface area (Å²) in [7, 11) is 0. The highest BCUT2D eigenvalue weighted by Crippen LogP contribution is 2.28. The molecule has 7 heteroatoms. The van der Waals surface area contributed by atoms with Gasteiger partial charge in [0.25, 0.3) is 0 Å². The third kappa shape index (κ3) is 4.17. The van der Waals surface area contributed by atoms with Gasteiger partial charge >= 0.3 is 0 Å². The van der Waals surface area contributed by atoms with Gasteiger partial charge in [-0.05, 0) is 54.3 Å². The molecule has 0 radical (unpaired) electrons. The lowest BCUT2D eigenvalue weighted by atomic mass is 10.00. The van der Waals surface area contributed by atoms with Crippen molar-refractivity contribution < 1.29 is 9.47 Å². The largest absolute Gasteiger partial charge is 0.378 e. The summed E-state index contributed by atoms with van der Waals surface area (Å²) in [5.74, 6) is 0.745. The lowest BCUT2D eigenvalue weighted by Crippen LogP contribution is -2.36. The van der Waals surface area contributed by atoms with Gasteiger partial charge in [0.15, 0.2) is 11.5 Å². The Balaban J connectivity index is 1.31. The van der Waals surface area contributed by atoms with Gasteiger partial charge in [-0.3, -0.25) is 0 Å². The van der Waals surface area contributed by atoms with Crippen LogP contribution in [0.5, 0.6) is 0 Å². The van der Waals surface area contributed by atoms with Gasteiger partial charge in [-0.15, -0.1) is 0 Å². The second kappa shape index (κ2) is 8.84. The maximum absolute atomic E-state index is 5.70. The van der Waals surface area contributed by atoms with Crippen LogP contribution in [0.25, 0.3) is 16.9 Å². The van der Waals surface area contributed by atoms with Crippen LogP contribution in [-0.4, -0.2) is 47.3 Å². The van der Waals surface area contributed by atoms with Crippen molar-refractivity contribution in [1.82, 2.24) is 14.4 Å². The van der Waals surface area contributed by atoms with Crippen molar-refractivity contribution in [3.8, 4) is 11.3 Å². The molecular formula is C26H27N5O2. The Morgan fingerprint density at radius 1 is 0.909 bits per heavy atom. The molecule has 0 saturated carbocycles. The summed E-state index contributed by atoms with van der Waals surface area (Å²) >= 11 is 0. The molecule has 4 heterocycles. The van der Waals surface area contributed by atoms with Crippen molar-refractivity contribution in [2.45, 2.75) is 19.4 Å². The van der Waals surface area contributed by atoms with Crippen LogP contribution in [0, 0.1) is 0 Å². The minimum Gasteiger partial charge on any atom is -0.378 e. The maximum Gasteiger partial charge on any atom is 0.180 e. The van der Waals surface area contributed by atoms with Crippen LogP contribution >= 0.6 is 0 Å². The van der Waals surface area contributed by atoms with E-state index in [4.69, 9.17) is 14.5 Å². The normalized spacial score (nSPS) is 16.4. The highest BCUT2D eigenvalue weighted by molar-refractivity contribution is 5.74. The lowest BCUT2D eigenvalue weighted by molar-refractivity contribution is 0.122. The first-order chi connectivity index (χ1) is 16.3. The predicted octanol–water partition coefficient (Wildman–Crippen LogP) is 4.44.